The zero-order chi connectivity index (χ0) is 13.8. The van der Waals surface area contributed by atoms with Gasteiger partial charge in [-0.25, -0.2) is 4.79 Å². The highest BCUT2D eigenvalue weighted by atomic mass is 16.5. The number of ether oxygens (including phenoxy) is 1. The maximum absolute atomic E-state index is 10.5. The molecule has 0 amide bonds. The first kappa shape index (κ1) is 12.9. The SMILES string of the molecule is Cc1cc(Oc2cnn(C)c2)ccc1/C=C/C(=O)O. The van der Waals surface area contributed by atoms with Gasteiger partial charge in [0.2, 0.25) is 0 Å². The van der Waals surface area contributed by atoms with Crippen molar-refractivity contribution in [3.63, 3.8) is 0 Å². The molecular weight excluding hydrogens is 244 g/mol. The molecule has 1 aromatic heterocycles. The molecule has 5 nitrogen and oxygen atoms in total. The van der Waals surface area contributed by atoms with Gasteiger partial charge in [-0.15, -0.1) is 0 Å². The lowest BCUT2D eigenvalue weighted by Gasteiger charge is -2.06. The second-order valence-electron chi connectivity index (χ2n) is 4.14. The van der Waals surface area contributed by atoms with Gasteiger partial charge < -0.3 is 9.84 Å². The molecule has 1 aromatic carbocycles. The van der Waals surface area contributed by atoms with E-state index in [0.29, 0.717) is 11.5 Å². The summed E-state index contributed by atoms with van der Waals surface area (Å²) in [5.74, 6) is 0.392. The highest BCUT2D eigenvalue weighted by Gasteiger charge is 2.02. The van der Waals surface area contributed by atoms with Crippen molar-refractivity contribution in [2.24, 2.45) is 7.05 Å². The molecule has 1 N–H and O–H groups in total. The lowest BCUT2D eigenvalue weighted by atomic mass is 10.1. The van der Waals surface area contributed by atoms with Gasteiger partial charge in [-0.2, -0.15) is 5.10 Å². The Kier molecular flexibility index (Phi) is 3.66. The Labute approximate surface area is 110 Å². The molecule has 0 bridgehead atoms. The minimum absolute atomic E-state index is 0.663. The fraction of sp³-hybridized carbons (Fsp3) is 0.143. The van der Waals surface area contributed by atoms with Crippen LogP contribution in [0.25, 0.3) is 6.08 Å². The second-order valence-corrected chi connectivity index (χ2v) is 4.14. The first-order chi connectivity index (χ1) is 9.04. The number of hydrogen-bond donors (Lipinski definition) is 1. The van der Waals surface area contributed by atoms with Crippen molar-refractivity contribution in [3.8, 4) is 11.5 Å². The van der Waals surface area contributed by atoms with Crippen LogP contribution in [0.1, 0.15) is 11.1 Å². The van der Waals surface area contributed by atoms with Gasteiger partial charge in [0.1, 0.15) is 5.75 Å². The van der Waals surface area contributed by atoms with Crippen LogP contribution in [-0.2, 0) is 11.8 Å². The summed E-state index contributed by atoms with van der Waals surface area (Å²) >= 11 is 0. The van der Waals surface area contributed by atoms with E-state index in [0.717, 1.165) is 17.2 Å². The third-order valence-corrected chi connectivity index (χ3v) is 2.56. The fourth-order valence-electron chi connectivity index (χ4n) is 1.65. The van der Waals surface area contributed by atoms with Gasteiger partial charge in [0, 0.05) is 13.1 Å². The fourth-order valence-corrected chi connectivity index (χ4v) is 1.65. The quantitative estimate of drug-likeness (QED) is 0.856. The Hall–Kier alpha value is -2.56. The van der Waals surface area contributed by atoms with Gasteiger partial charge in [-0.3, -0.25) is 4.68 Å². The molecule has 0 unspecified atom stereocenters. The molecule has 0 spiro atoms. The molecule has 0 fully saturated rings. The second kappa shape index (κ2) is 5.39. The summed E-state index contributed by atoms with van der Waals surface area (Å²) in [7, 11) is 1.82. The van der Waals surface area contributed by atoms with Crippen LogP contribution >= 0.6 is 0 Å². The maximum Gasteiger partial charge on any atom is 0.328 e. The number of carbonyl (C=O) groups is 1. The summed E-state index contributed by atoms with van der Waals surface area (Å²) < 4.78 is 7.30. The zero-order valence-corrected chi connectivity index (χ0v) is 10.7. The Bertz CT molecular complexity index is 629. The third kappa shape index (κ3) is 3.45. The van der Waals surface area contributed by atoms with E-state index in [1.165, 1.54) is 0 Å². The molecular formula is C14H14N2O3. The van der Waals surface area contributed by atoms with Gasteiger partial charge in [-0.05, 0) is 36.3 Å². The molecule has 0 saturated heterocycles. The highest BCUT2D eigenvalue weighted by molar-refractivity contribution is 5.85. The molecule has 19 heavy (non-hydrogen) atoms. The van der Waals surface area contributed by atoms with E-state index in [1.807, 2.05) is 26.1 Å². The van der Waals surface area contributed by atoms with E-state index < -0.39 is 5.97 Å². The number of carboxylic acid groups (broad SMARTS) is 1. The van der Waals surface area contributed by atoms with Gasteiger partial charge in [-0.1, -0.05) is 6.07 Å². The summed E-state index contributed by atoms with van der Waals surface area (Å²) in [6, 6.07) is 5.47. The maximum atomic E-state index is 10.5. The molecule has 0 aliphatic heterocycles. The summed E-state index contributed by atoms with van der Waals surface area (Å²) in [5.41, 5.74) is 1.79. The van der Waals surface area contributed by atoms with Crippen LogP contribution < -0.4 is 4.74 Å². The van der Waals surface area contributed by atoms with Crippen LogP contribution in [0.4, 0.5) is 0 Å². The van der Waals surface area contributed by atoms with Gasteiger partial charge in [0.15, 0.2) is 5.75 Å². The molecule has 0 atom stereocenters. The Morgan fingerprint density at radius 3 is 2.79 bits per heavy atom. The molecule has 0 saturated carbocycles. The molecule has 0 aliphatic rings. The number of carboxylic acids is 1. The third-order valence-electron chi connectivity index (χ3n) is 2.56. The summed E-state index contributed by atoms with van der Waals surface area (Å²) in [6.45, 7) is 1.90. The Morgan fingerprint density at radius 2 is 2.21 bits per heavy atom. The monoisotopic (exact) mass is 258 g/mol. The average Bonchev–Trinajstić information content (AvgIpc) is 2.73. The van der Waals surface area contributed by atoms with Gasteiger partial charge in [0.25, 0.3) is 0 Å². The van der Waals surface area contributed by atoms with Crippen LogP contribution in [0.5, 0.6) is 11.5 Å². The number of aromatic nitrogens is 2. The van der Waals surface area contributed by atoms with Crippen molar-refractivity contribution in [2.45, 2.75) is 6.92 Å². The van der Waals surface area contributed by atoms with Crippen molar-refractivity contribution in [1.29, 1.82) is 0 Å². The lowest BCUT2D eigenvalue weighted by molar-refractivity contribution is -0.131. The summed E-state index contributed by atoms with van der Waals surface area (Å²) in [6.07, 6.45) is 6.08. The largest absolute Gasteiger partial charge is 0.478 e. The van der Waals surface area contributed by atoms with Crippen molar-refractivity contribution < 1.29 is 14.6 Å². The standard InChI is InChI=1S/C14H14N2O3/c1-10-7-12(19-13-8-15-16(2)9-13)5-3-11(10)4-6-14(17)18/h3-9H,1-2H3,(H,17,18)/b6-4+. The minimum Gasteiger partial charge on any atom is -0.478 e. The molecule has 2 aromatic rings. The first-order valence-electron chi connectivity index (χ1n) is 5.73. The van der Waals surface area contributed by atoms with Crippen molar-refractivity contribution in [3.05, 3.63) is 47.8 Å². The zero-order valence-electron chi connectivity index (χ0n) is 10.7. The number of aliphatic carboxylic acids is 1. The molecule has 1 heterocycles. The van der Waals surface area contributed by atoms with E-state index in [-0.39, 0.29) is 0 Å². The predicted molar refractivity (Wildman–Crippen MR) is 71.1 cm³/mol. The molecule has 2 rings (SSSR count). The van der Waals surface area contributed by atoms with Crippen LogP contribution in [0, 0.1) is 6.92 Å². The van der Waals surface area contributed by atoms with Crippen LogP contribution in [-0.4, -0.2) is 20.9 Å². The van der Waals surface area contributed by atoms with Crippen molar-refractivity contribution in [1.82, 2.24) is 9.78 Å². The number of benzene rings is 1. The molecule has 98 valence electrons. The lowest BCUT2D eigenvalue weighted by Crippen LogP contribution is -1.89. The normalized spacial score (nSPS) is 10.8. The summed E-state index contributed by atoms with van der Waals surface area (Å²) in [5, 5.41) is 12.6. The van der Waals surface area contributed by atoms with Crippen molar-refractivity contribution >= 4 is 12.0 Å². The van der Waals surface area contributed by atoms with Gasteiger partial charge in [0.05, 0.1) is 12.4 Å². The minimum atomic E-state index is -0.963. The van der Waals surface area contributed by atoms with E-state index in [1.54, 1.807) is 29.2 Å². The van der Waals surface area contributed by atoms with E-state index in [2.05, 4.69) is 5.10 Å². The number of hydrogen-bond acceptors (Lipinski definition) is 3. The Balaban J connectivity index is 2.16. The van der Waals surface area contributed by atoms with Crippen LogP contribution in [0.2, 0.25) is 0 Å². The highest BCUT2D eigenvalue weighted by Crippen LogP contribution is 2.23. The number of rotatable bonds is 4. The van der Waals surface area contributed by atoms with Crippen molar-refractivity contribution in [2.75, 3.05) is 0 Å². The molecule has 0 radical (unpaired) electrons. The number of nitrogens with zero attached hydrogens (tertiary/aromatic N) is 2. The van der Waals surface area contributed by atoms with Gasteiger partial charge >= 0.3 is 5.97 Å². The van der Waals surface area contributed by atoms with E-state index in [4.69, 9.17) is 9.84 Å². The molecule has 0 aliphatic carbocycles. The van der Waals surface area contributed by atoms with E-state index in [9.17, 15) is 4.79 Å². The number of aryl methyl sites for hydroxylation is 2. The Morgan fingerprint density at radius 1 is 1.42 bits per heavy atom. The smallest absolute Gasteiger partial charge is 0.328 e. The summed E-state index contributed by atoms with van der Waals surface area (Å²) in [4.78, 5) is 10.5. The first-order valence-corrected chi connectivity index (χ1v) is 5.73. The predicted octanol–water partition coefficient (Wildman–Crippen LogP) is 2.62. The van der Waals surface area contributed by atoms with Crippen LogP contribution in [0.15, 0.2) is 36.7 Å². The molecule has 5 heteroatoms. The van der Waals surface area contributed by atoms with Crippen LogP contribution in [0.3, 0.4) is 0 Å². The topological polar surface area (TPSA) is 64.4 Å². The average molecular weight is 258 g/mol. The van der Waals surface area contributed by atoms with E-state index >= 15 is 0 Å².